The van der Waals surface area contributed by atoms with Gasteiger partial charge in [-0.1, -0.05) is 35.5 Å². The van der Waals surface area contributed by atoms with Crippen LogP contribution >= 0.6 is 0 Å². The fraction of sp³-hybridized carbons (Fsp3) is 0.429. The number of nitrogens with two attached hydrogens (primary N) is 1. The molecule has 0 aliphatic carbocycles. The first-order chi connectivity index (χ1) is 9.43. The second-order valence-corrected chi connectivity index (χ2v) is 5.05. The molecule has 0 saturated heterocycles. The van der Waals surface area contributed by atoms with Crippen molar-refractivity contribution in [3.63, 3.8) is 0 Å². The molecule has 110 valence electrons. The molecule has 20 heavy (non-hydrogen) atoms. The van der Waals surface area contributed by atoms with Gasteiger partial charge in [0.2, 0.25) is 5.91 Å². The van der Waals surface area contributed by atoms with E-state index >= 15 is 0 Å². The van der Waals surface area contributed by atoms with Crippen LogP contribution in [0.15, 0.2) is 35.5 Å². The van der Waals surface area contributed by atoms with Crippen molar-refractivity contribution in [2.24, 2.45) is 16.3 Å². The van der Waals surface area contributed by atoms with Gasteiger partial charge in [-0.3, -0.25) is 4.79 Å². The van der Waals surface area contributed by atoms with Gasteiger partial charge in [-0.25, -0.2) is 0 Å². The van der Waals surface area contributed by atoms with Crippen molar-refractivity contribution >= 4 is 11.7 Å². The summed E-state index contributed by atoms with van der Waals surface area (Å²) < 4.78 is 0. The zero-order valence-corrected chi connectivity index (χ0v) is 11.8. The van der Waals surface area contributed by atoms with Crippen LogP contribution in [0.1, 0.15) is 19.4 Å². The van der Waals surface area contributed by atoms with E-state index in [0.29, 0.717) is 6.54 Å². The summed E-state index contributed by atoms with van der Waals surface area (Å²) in [6.07, 6.45) is 0. The van der Waals surface area contributed by atoms with Gasteiger partial charge >= 0.3 is 0 Å². The number of aliphatic hydroxyl groups excluding tert-OH is 1. The van der Waals surface area contributed by atoms with Crippen molar-refractivity contribution in [3.8, 4) is 0 Å². The van der Waals surface area contributed by atoms with E-state index in [2.05, 4.69) is 5.16 Å². The Kier molecular flexibility index (Phi) is 5.52. The number of aliphatic hydroxyl groups is 1. The Morgan fingerprint density at radius 3 is 2.45 bits per heavy atom. The molecule has 0 radical (unpaired) electrons. The van der Waals surface area contributed by atoms with Gasteiger partial charge in [-0.05, 0) is 19.4 Å². The van der Waals surface area contributed by atoms with Crippen LogP contribution in [0.5, 0.6) is 0 Å². The fourth-order valence-corrected chi connectivity index (χ4v) is 1.81. The number of carbonyl (C=O) groups excluding carboxylic acids is 1. The quantitative estimate of drug-likeness (QED) is 0.310. The van der Waals surface area contributed by atoms with E-state index in [1.165, 1.54) is 4.90 Å². The largest absolute Gasteiger partial charge is 0.409 e. The molecule has 1 aromatic rings. The Bertz CT molecular complexity index is 472. The number of benzene rings is 1. The van der Waals surface area contributed by atoms with Gasteiger partial charge < -0.3 is 20.9 Å². The molecule has 0 bridgehead atoms. The van der Waals surface area contributed by atoms with E-state index in [0.717, 1.165) is 5.56 Å². The van der Waals surface area contributed by atoms with Gasteiger partial charge in [0, 0.05) is 13.1 Å². The molecule has 0 heterocycles. The maximum atomic E-state index is 12.5. The number of amidine groups is 1. The third kappa shape index (κ3) is 3.71. The summed E-state index contributed by atoms with van der Waals surface area (Å²) in [6, 6.07) is 9.45. The van der Waals surface area contributed by atoms with Crippen molar-refractivity contribution in [1.82, 2.24) is 4.90 Å². The van der Waals surface area contributed by atoms with Gasteiger partial charge in [0.1, 0.15) is 5.41 Å². The Hall–Kier alpha value is -2.08. The fourth-order valence-electron chi connectivity index (χ4n) is 1.81. The van der Waals surface area contributed by atoms with Crippen LogP contribution in [0.2, 0.25) is 0 Å². The van der Waals surface area contributed by atoms with Crippen LogP contribution < -0.4 is 5.73 Å². The van der Waals surface area contributed by atoms with E-state index in [1.807, 2.05) is 30.3 Å². The van der Waals surface area contributed by atoms with Gasteiger partial charge in [0.15, 0.2) is 5.84 Å². The molecule has 0 aliphatic rings. The van der Waals surface area contributed by atoms with Crippen molar-refractivity contribution in [2.75, 3.05) is 13.2 Å². The minimum atomic E-state index is -1.13. The minimum absolute atomic E-state index is 0.148. The van der Waals surface area contributed by atoms with Crippen LogP contribution in [-0.4, -0.2) is 40.1 Å². The SMILES string of the molecule is CC(C)(C(=O)N(CCO)Cc1ccccc1)C(N)=NO. The highest BCUT2D eigenvalue weighted by molar-refractivity contribution is 6.05. The first-order valence-electron chi connectivity index (χ1n) is 6.35. The molecule has 1 rings (SSSR count). The molecule has 0 spiro atoms. The number of rotatable bonds is 6. The predicted molar refractivity (Wildman–Crippen MR) is 76.1 cm³/mol. The normalized spacial score (nSPS) is 12.2. The second-order valence-electron chi connectivity index (χ2n) is 5.05. The molecule has 0 saturated carbocycles. The molecule has 1 aromatic carbocycles. The zero-order chi connectivity index (χ0) is 15.2. The monoisotopic (exact) mass is 279 g/mol. The smallest absolute Gasteiger partial charge is 0.236 e. The van der Waals surface area contributed by atoms with Crippen LogP contribution in [0.25, 0.3) is 0 Å². The Balaban J connectivity index is 2.93. The Morgan fingerprint density at radius 2 is 1.95 bits per heavy atom. The first kappa shape index (κ1) is 16.0. The highest BCUT2D eigenvalue weighted by atomic mass is 16.4. The summed E-state index contributed by atoms with van der Waals surface area (Å²) in [5.74, 6) is -0.454. The van der Waals surface area contributed by atoms with E-state index in [-0.39, 0.29) is 24.9 Å². The summed E-state index contributed by atoms with van der Waals surface area (Å²) in [7, 11) is 0. The summed E-state index contributed by atoms with van der Waals surface area (Å²) in [5, 5.41) is 20.8. The molecule has 6 heteroatoms. The highest BCUT2D eigenvalue weighted by Gasteiger charge is 2.36. The van der Waals surface area contributed by atoms with Gasteiger partial charge in [-0.2, -0.15) is 0 Å². The number of nitrogens with zero attached hydrogens (tertiary/aromatic N) is 2. The van der Waals surface area contributed by atoms with Crippen LogP contribution in [-0.2, 0) is 11.3 Å². The van der Waals surface area contributed by atoms with E-state index in [1.54, 1.807) is 13.8 Å². The number of hydrogen-bond donors (Lipinski definition) is 3. The zero-order valence-electron chi connectivity index (χ0n) is 11.8. The standard InChI is InChI=1S/C14H21N3O3/c1-14(2,12(15)16-20)13(19)17(8-9-18)10-11-6-4-3-5-7-11/h3-7,18,20H,8-10H2,1-2H3,(H2,15,16). The third-order valence-corrected chi connectivity index (χ3v) is 3.16. The molecule has 0 unspecified atom stereocenters. The second kappa shape index (κ2) is 6.91. The number of carbonyl (C=O) groups is 1. The summed E-state index contributed by atoms with van der Waals surface area (Å²) in [5.41, 5.74) is 5.39. The molecule has 0 aliphatic heterocycles. The van der Waals surface area contributed by atoms with Crippen LogP contribution in [0.4, 0.5) is 0 Å². The molecular weight excluding hydrogens is 258 g/mol. The maximum absolute atomic E-state index is 12.5. The van der Waals surface area contributed by atoms with E-state index in [4.69, 9.17) is 16.0 Å². The van der Waals surface area contributed by atoms with Crippen LogP contribution in [0, 0.1) is 5.41 Å². The molecular formula is C14H21N3O3. The van der Waals surface area contributed by atoms with Crippen molar-refractivity contribution in [1.29, 1.82) is 0 Å². The van der Waals surface area contributed by atoms with Gasteiger partial charge in [0.25, 0.3) is 0 Å². The first-order valence-corrected chi connectivity index (χ1v) is 6.35. The lowest BCUT2D eigenvalue weighted by molar-refractivity contribution is -0.138. The predicted octanol–water partition coefficient (Wildman–Crippen LogP) is 0.780. The third-order valence-electron chi connectivity index (χ3n) is 3.16. The molecule has 0 aromatic heterocycles. The molecule has 1 amide bonds. The van der Waals surface area contributed by atoms with Crippen molar-refractivity contribution < 1.29 is 15.1 Å². The average molecular weight is 279 g/mol. The molecule has 4 N–H and O–H groups in total. The van der Waals surface area contributed by atoms with Crippen LogP contribution in [0.3, 0.4) is 0 Å². The number of hydrogen-bond acceptors (Lipinski definition) is 4. The van der Waals surface area contributed by atoms with Gasteiger partial charge in [0.05, 0.1) is 6.61 Å². The van der Waals surface area contributed by atoms with Gasteiger partial charge in [-0.15, -0.1) is 0 Å². The minimum Gasteiger partial charge on any atom is -0.409 e. The van der Waals surface area contributed by atoms with E-state index < -0.39 is 5.41 Å². The summed E-state index contributed by atoms with van der Waals surface area (Å²) >= 11 is 0. The molecule has 6 nitrogen and oxygen atoms in total. The topological polar surface area (TPSA) is 99.2 Å². The lowest BCUT2D eigenvalue weighted by atomic mass is 9.90. The Labute approximate surface area is 118 Å². The highest BCUT2D eigenvalue weighted by Crippen LogP contribution is 2.20. The molecule has 0 fully saturated rings. The summed E-state index contributed by atoms with van der Waals surface area (Å²) in [4.78, 5) is 14.0. The number of amides is 1. The lowest BCUT2D eigenvalue weighted by Gasteiger charge is -2.30. The summed E-state index contributed by atoms with van der Waals surface area (Å²) in [6.45, 7) is 3.57. The van der Waals surface area contributed by atoms with E-state index in [9.17, 15) is 4.79 Å². The lowest BCUT2D eigenvalue weighted by Crippen LogP contribution is -2.48. The maximum Gasteiger partial charge on any atom is 0.236 e. The average Bonchev–Trinajstić information content (AvgIpc) is 2.46. The van der Waals surface area contributed by atoms with Crippen molar-refractivity contribution in [3.05, 3.63) is 35.9 Å². The van der Waals surface area contributed by atoms with Crippen molar-refractivity contribution in [2.45, 2.75) is 20.4 Å². The Morgan fingerprint density at radius 1 is 1.35 bits per heavy atom. The number of oxime groups is 1. The molecule has 0 atom stereocenters.